The van der Waals surface area contributed by atoms with Crippen molar-refractivity contribution in [1.82, 2.24) is 4.90 Å². The molecule has 1 aliphatic heterocycles. The number of carbonyl (C=O) groups excluding carboxylic acids is 1. The third kappa shape index (κ3) is 5.39. The second kappa shape index (κ2) is 10.9. The molecule has 0 aromatic heterocycles. The number of nitrogens with zero attached hydrogens (tertiary/aromatic N) is 1. The summed E-state index contributed by atoms with van der Waals surface area (Å²) in [5.41, 5.74) is 10.1. The number of likely N-dealkylation sites (tertiary alicyclic amines) is 1. The van der Waals surface area contributed by atoms with Gasteiger partial charge in [0.25, 0.3) is 0 Å². The van der Waals surface area contributed by atoms with E-state index in [0.29, 0.717) is 23.6 Å². The lowest BCUT2D eigenvalue weighted by Crippen LogP contribution is -2.50. The number of ketones is 1. The zero-order valence-electron chi connectivity index (χ0n) is 17.4. The van der Waals surface area contributed by atoms with Crippen molar-refractivity contribution >= 4 is 23.1 Å². The van der Waals surface area contributed by atoms with Crippen LogP contribution in [0.5, 0.6) is 0 Å². The van der Waals surface area contributed by atoms with Crippen molar-refractivity contribution in [2.24, 2.45) is 11.7 Å². The van der Waals surface area contributed by atoms with Crippen LogP contribution in [0.4, 0.5) is 0 Å². The first-order valence-electron chi connectivity index (χ1n) is 10.4. The normalized spacial score (nSPS) is 25.9. The number of rotatable bonds is 6. The summed E-state index contributed by atoms with van der Waals surface area (Å²) in [6.45, 7) is 10.2. The van der Waals surface area contributed by atoms with Gasteiger partial charge in [0.15, 0.2) is 0 Å². The fourth-order valence-corrected chi connectivity index (χ4v) is 5.54. The van der Waals surface area contributed by atoms with E-state index in [9.17, 15) is 4.79 Å². The van der Waals surface area contributed by atoms with Crippen LogP contribution >= 0.6 is 11.8 Å². The highest BCUT2D eigenvalue weighted by Crippen LogP contribution is 2.46. The van der Waals surface area contributed by atoms with Crippen LogP contribution in [0.1, 0.15) is 64.0 Å². The van der Waals surface area contributed by atoms with Gasteiger partial charge in [-0.25, -0.2) is 0 Å². The lowest BCUT2D eigenvalue weighted by atomic mass is 9.70. The number of benzene rings is 1. The van der Waals surface area contributed by atoms with Crippen molar-refractivity contribution in [3.05, 3.63) is 41.6 Å². The second-order valence-electron chi connectivity index (χ2n) is 7.47. The van der Waals surface area contributed by atoms with Crippen LogP contribution < -0.4 is 5.73 Å². The Morgan fingerprint density at radius 3 is 2.74 bits per heavy atom. The van der Waals surface area contributed by atoms with E-state index in [1.807, 2.05) is 20.0 Å². The minimum atomic E-state index is 0.282. The standard InChI is InChI=1S/C21H30N2OS.C2H6/c1-3-8-23-12-16(14-25-13-15(2)24)9-20-19-7-5-4-6-18(19)17(11-22)10-21(20)23;1-2/h4-7,11,16,20-21H,3,8-10,12-14,22H2,1-2H3;1-2H3/b17-11-;. The minimum absolute atomic E-state index is 0.282. The predicted molar refractivity (Wildman–Crippen MR) is 119 cm³/mol. The summed E-state index contributed by atoms with van der Waals surface area (Å²) in [4.78, 5) is 14.0. The third-order valence-corrected chi connectivity index (χ3v) is 6.84. The Hall–Kier alpha value is -1.26. The monoisotopic (exact) mass is 388 g/mol. The smallest absolute Gasteiger partial charge is 0.139 e. The maximum atomic E-state index is 11.3. The summed E-state index contributed by atoms with van der Waals surface area (Å²) < 4.78 is 0. The first kappa shape index (κ1) is 22.0. The van der Waals surface area contributed by atoms with Crippen molar-refractivity contribution in [3.63, 3.8) is 0 Å². The molecule has 150 valence electrons. The zero-order chi connectivity index (χ0) is 19.8. The summed E-state index contributed by atoms with van der Waals surface area (Å²) in [6.07, 6.45) is 5.28. The van der Waals surface area contributed by atoms with Crippen molar-refractivity contribution in [2.45, 2.75) is 58.9 Å². The van der Waals surface area contributed by atoms with Crippen molar-refractivity contribution < 1.29 is 4.79 Å². The van der Waals surface area contributed by atoms with Gasteiger partial charge in [0, 0.05) is 18.5 Å². The van der Waals surface area contributed by atoms with Gasteiger partial charge in [-0.1, -0.05) is 45.0 Å². The lowest BCUT2D eigenvalue weighted by Gasteiger charge is -2.48. The molecular formula is C23H36N2OS. The Bertz CT molecular complexity index is 643. The molecule has 2 aliphatic rings. The number of Topliss-reactive ketones (excluding diaryl/α,β-unsaturated/α-hetero) is 1. The van der Waals surface area contributed by atoms with E-state index in [1.54, 1.807) is 18.7 Å². The van der Waals surface area contributed by atoms with Crippen LogP contribution in [-0.4, -0.2) is 41.3 Å². The quantitative estimate of drug-likeness (QED) is 0.751. The molecule has 1 heterocycles. The predicted octanol–water partition coefficient (Wildman–Crippen LogP) is 4.92. The SMILES string of the molecule is CC.CCCN1CC(CSCC(C)=O)CC2c3ccccc3/C(=C\N)CC21. The molecule has 3 atom stereocenters. The maximum absolute atomic E-state index is 11.3. The van der Waals surface area contributed by atoms with E-state index < -0.39 is 0 Å². The average molecular weight is 389 g/mol. The number of carbonyl (C=O) groups is 1. The molecule has 0 radical (unpaired) electrons. The highest BCUT2D eigenvalue weighted by molar-refractivity contribution is 7.99. The first-order chi connectivity index (χ1) is 13.1. The van der Waals surface area contributed by atoms with Gasteiger partial charge < -0.3 is 5.73 Å². The molecule has 1 saturated heterocycles. The molecule has 1 aromatic rings. The summed E-state index contributed by atoms with van der Waals surface area (Å²) in [6, 6.07) is 9.37. The Morgan fingerprint density at radius 1 is 1.33 bits per heavy atom. The summed E-state index contributed by atoms with van der Waals surface area (Å²) in [5.74, 6) is 3.27. The maximum Gasteiger partial charge on any atom is 0.139 e. The molecule has 27 heavy (non-hydrogen) atoms. The van der Waals surface area contributed by atoms with Crippen molar-refractivity contribution in [3.8, 4) is 0 Å². The van der Waals surface area contributed by atoms with Crippen molar-refractivity contribution in [1.29, 1.82) is 0 Å². The van der Waals surface area contributed by atoms with E-state index in [4.69, 9.17) is 5.73 Å². The Kier molecular flexibility index (Phi) is 8.91. The molecule has 2 N–H and O–H groups in total. The number of hydrogen-bond acceptors (Lipinski definition) is 4. The highest BCUT2D eigenvalue weighted by Gasteiger charge is 2.40. The average Bonchev–Trinajstić information content (AvgIpc) is 2.69. The Labute approximate surface area is 169 Å². The molecule has 3 nitrogen and oxygen atoms in total. The van der Waals surface area contributed by atoms with Gasteiger partial charge in [-0.15, -0.1) is 0 Å². The van der Waals surface area contributed by atoms with Crippen LogP contribution in [-0.2, 0) is 4.79 Å². The van der Waals surface area contributed by atoms with Crippen molar-refractivity contribution in [2.75, 3.05) is 24.6 Å². The van der Waals surface area contributed by atoms with E-state index in [0.717, 1.165) is 25.3 Å². The molecule has 1 fully saturated rings. The molecule has 3 unspecified atom stereocenters. The molecule has 0 amide bonds. The Balaban J connectivity index is 0.00000126. The number of nitrogens with two attached hydrogens (primary N) is 1. The summed E-state index contributed by atoms with van der Waals surface area (Å²) in [5, 5.41) is 0. The van der Waals surface area contributed by atoms with Gasteiger partial charge in [0.2, 0.25) is 0 Å². The molecule has 3 rings (SSSR count). The third-order valence-electron chi connectivity index (χ3n) is 5.52. The molecular weight excluding hydrogens is 352 g/mol. The number of thioether (sulfide) groups is 1. The number of fused-ring (bicyclic) bond motifs is 3. The van der Waals surface area contributed by atoms with E-state index in [1.165, 1.54) is 29.5 Å². The first-order valence-corrected chi connectivity index (χ1v) is 11.6. The second-order valence-corrected chi connectivity index (χ2v) is 8.50. The van der Waals surface area contributed by atoms with E-state index in [-0.39, 0.29) is 5.78 Å². The van der Waals surface area contributed by atoms with Gasteiger partial charge in [-0.2, -0.15) is 11.8 Å². The fourth-order valence-electron chi connectivity index (χ4n) is 4.56. The van der Waals surface area contributed by atoms with Crippen LogP contribution in [0.2, 0.25) is 0 Å². The molecule has 0 spiro atoms. The van der Waals surface area contributed by atoms with E-state index in [2.05, 4.69) is 36.1 Å². The van der Waals surface area contributed by atoms with Crippen LogP contribution in [0.3, 0.4) is 0 Å². The van der Waals surface area contributed by atoms with Gasteiger partial charge >= 0.3 is 0 Å². The minimum Gasteiger partial charge on any atom is -0.404 e. The van der Waals surface area contributed by atoms with E-state index >= 15 is 0 Å². The fraction of sp³-hybridized carbons (Fsp3) is 0.609. The van der Waals surface area contributed by atoms with Gasteiger partial charge in [-0.3, -0.25) is 9.69 Å². The van der Waals surface area contributed by atoms with Gasteiger partial charge in [0.1, 0.15) is 5.78 Å². The molecule has 1 aromatic carbocycles. The molecule has 4 heteroatoms. The largest absolute Gasteiger partial charge is 0.404 e. The zero-order valence-corrected chi connectivity index (χ0v) is 18.2. The molecule has 0 bridgehead atoms. The van der Waals surface area contributed by atoms with Gasteiger partial charge in [0.05, 0.1) is 5.75 Å². The molecule has 1 aliphatic carbocycles. The summed E-state index contributed by atoms with van der Waals surface area (Å²) >= 11 is 1.81. The van der Waals surface area contributed by atoms with Crippen LogP contribution in [0.15, 0.2) is 30.5 Å². The summed E-state index contributed by atoms with van der Waals surface area (Å²) in [7, 11) is 0. The van der Waals surface area contributed by atoms with Gasteiger partial charge in [-0.05, 0) is 67.3 Å². The number of piperidine rings is 1. The number of hydrogen-bond donors (Lipinski definition) is 1. The lowest BCUT2D eigenvalue weighted by molar-refractivity contribution is -0.114. The Morgan fingerprint density at radius 2 is 2.07 bits per heavy atom. The molecule has 0 saturated carbocycles. The van der Waals surface area contributed by atoms with Crippen LogP contribution in [0.25, 0.3) is 5.57 Å². The topological polar surface area (TPSA) is 46.3 Å². The van der Waals surface area contributed by atoms with Crippen LogP contribution in [0, 0.1) is 5.92 Å². The highest BCUT2D eigenvalue weighted by atomic mass is 32.2.